The summed E-state index contributed by atoms with van der Waals surface area (Å²) in [5, 5.41) is 22.9. The molecule has 1 aliphatic rings. The number of carbonyl (C=O) groups excluding carboxylic acids is 1. The first-order valence-corrected chi connectivity index (χ1v) is 12.5. The van der Waals surface area contributed by atoms with Crippen molar-refractivity contribution in [3.05, 3.63) is 63.6 Å². The Kier molecular flexibility index (Phi) is 8.57. The van der Waals surface area contributed by atoms with Gasteiger partial charge in [-0.1, -0.05) is 62.2 Å². The summed E-state index contributed by atoms with van der Waals surface area (Å²) in [4.78, 5) is 36.5. The minimum atomic E-state index is -1.03. The molecule has 0 spiro atoms. The van der Waals surface area contributed by atoms with Crippen LogP contribution < -0.4 is 10.1 Å². The summed E-state index contributed by atoms with van der Waals surface area (Å²) >= 11 is 12.4. The lowest BCUT2D eigenvalue weighted by Crippen LogP contribution is -2.51. The molecule has 0 unspecified atom stereocenters. The Labute approximate surface area is 220 Å². The lowest BCUT2D eigenvalue weighted by molar-refractivity contribution is -0.148. The summed E-state index contributed by atoms with van der Waals surface area (Å²) in [5.41, 5.74) is -0.198. The average Bonchev–Trinajstić information content (AvgIpc) is 3.04. The second-order valence-corrected chi connectivity index (χ2v) is 10.9. The Morgan fingerprint density at radius 3 is 2.19 bits per heavy atom. The molecule has 1 aliphatic carbocycles. The normalized spacial score (nSPS) is 21.5. The third kappa shape index (κ3) is 5.95. The van der Waals surface area contributed by atoms with Gasteiger partial charge in [-0.05, 0) is 54.5 Å². The molecule has 36 heavy (non-hydrogen) atoms. The molecule has 1 fully saturated rings. The molecule has 194 valence electrons. The highest BCUT2D eigenvalue weighted by Crippen LogP contribution is 2.56. The van der Waals surface area contributed by atoms with Gasteiger partial charge < -0.3 is 20.3 Å². The van der Waals surface area contributed by atoms with Crippen molar-refractivity contribution in [2.24, 2.45) is 16.7 Å². The number of rotatable bonds is 10. The molecule has 0 heterocycles. The van der Waals surface area contributed by atoms with Crippen LogP contribution in [-0.2, 0) is 27.4 Å². The Morgan fingerprint density at radius 1 is 1.06 bits per heavy atom. The molecule has 7 nitrogen and oxygen atoms in total. The zero-order valence-electron chi connectivity index (χ0n) is 20.5. The third-order valence-corrected chi connectivity index (χ3v) is 8.34. The van der Waals surface area contributed by atoms with Crippen LogP contribution in [0.4, 0.5) is 0 Å². The van der Waals surface area contributed by atoms with Crippen LogP contribution in [0.15, 0.2) is 42.5 Å². The van der Waals surface area contributed by atoms with E-state index in [0.29, 0.717) is 40.6 Å². The summed E-state index contributed by atoms with van der Waals surface area (Å²) in [5.74, 6) is -2.32. The lowest BCUT2D eigenvalue weighted by atomic mass is 9.65. The van der Waals surface area contributed by atoms with E-state index in [1.807, 2.05) is 12.1 Å². The van der Waals surface area contributed by atoms with Gasteiger partial charge >= 0.3 is 11.9 Å². The van der Waals surface area contributed by atoms with Gasteiger partial charge in [0.15, 0.2) is 0 Å². The fourth-order valence-electron chi connectivity index (χ4n) is 4.90. The van der Waals surface area contributed by atoms with Crippen molar-refractivity contribution in [1.29, 1.82) is 0 Å². The number of hydrogen-bond donors (Lipinski definition) is 3. The zero-order chi connectivity index (χ0) is 26.7. The molecular formula is C27H31Cl2NO6. The van der Waals surface area contributed by atoms with E-state index < -0.39 is 34.7 Å². The van der Waals surface area contributed by atoms with E-state index >= 15 is 0 Å². The van der Waals surface area contributed by atoms with Gasteiger partial charge in [-0.3, -0.25) is 14.4 Å². The highest BCUT2D eigenvalue weighted by molar-refractivity contribution is 6.35. The fourth-order valence-corrected chi connectivity index (χ4v) is 5.41. The van der Waals surface area contributed by atoms with E-state index in [4.69, 9.17) is 27.9 Å². The van der Waals surface area contributed by atoms with Gasteiger partial charge in [0, 0.05) is 21.7 Å². The lowest BCUT2D eigenvalue weighted by Gasteiger charge is -2.40. The van der Waals surface area contributed by atoms with Crippen LogP contribution in [0.3, 0.4) is 0 Å². The molecule has 1 amide bonds. The smallest absolute Gasteiger partial charge is 0.307 e. The van der Waals surface area contributed by atoms with E-state index in [-0.39, 0.29) is 18.9 Å². The molecule has 0 aromatic heterocycles. The van der Waals surface area contributed by atoms with Crippen molar-refractivity contribution in [2.75, 3.05) is 0 Å². The maximum atomic E-state index is 13.3. The molecule has 2 aromatic rings. The van der Waals surface area contributed by atoms with Gasteiger partial charge in [-0.2, -0.15) is 0 Å². The number of carboxylic acids is 2. The summed E-state index contributed by atoms with van der Waals surface area (Å²) in [6, 6.07) is 11.7. The van der Waals surface area contributed by atoms with Crippen molar-refractivity contribution in [3.8, 4) is 5.75 Å². The fraction of sp³-hybridized carbons (Fsp3) is 0.444. The molecule has 0 bridgehead atoms. The summed E-state index contributed by atoms with van der Waals surface area (Å²) < 4.78 is 5.80. The van der Waals surface area contributed by atoms with Crippen LogP contribution in [-0.4, -0.2) is 34.1 Å². The molecule has 3 N–H and O–H groups in total. The van der Waals surface area contributed by atoms with E-state index in [0.717, 1.165) is 5.56 Å². The predicted molar refractivity (Wildman–Crippen MR) is 137 cm³/mol. The maximum absolute atomic E-state index is 13.3. The molecular weight excluding hydrogens is 505 g/mol. The number of amides is 1. The van der Waals surface area contributed by atoms with Gasteiger partial charge in [0.1, 0.15) is 12.4 Å². The van der Waals surface area contributed by atoms with Crippen LogP contribution >= 0.6 is 23.2 Å². The number of carboxylic acid groups (broad SMARTS) is 2. The number of halogens is 2. The van der Waals surface area contributed by atoms with Gasteiger partial charge in [0.2, 0.25) is 5.91 Å². The van der Waals surface area contributed by atoms with E-state index in [9.17, 15) is 24.6 Å². The van der Waals surface area contributed by atoms with E-state index in [1.165, 1.54) is 0 Å². The third-order valence-electron chi connectivity index (χ3n) is 7.63. The largest absolute Gasteiger partial charge is 0.489 e. The van der Waals surface area contributed by atoms with Crippen LogP contribution in [0.1, 0.15) is 51.2 Å². The molecule has 1 saturated carbocycles. The Hall–Kier alpha value is -2.77. The topological polar surface area (TPSA) is 113 Å². The zero-order valence-corrected chi connectivity index (χ0v) is 22.0. The molecule has 3 atom stereocenters. The number of aliphatic carboxylic acids is 2. The van der Waals surface area contributed by atoms with Gasteiger partial charge in [0.25, 0.3) is 0 Å². The van der Waals surface area contributed by atoms with Crippen LogP contribution in [0.25, 0.3) is 0 Å². The number of ether oxygens (including phenoxy) is 1. The number of hydrogen-bond acceptors (Lipinski definition) is 4. The summed E-state index contributed by atoms with van der Waals surface area (Å²) in [6.07, 6.45) is 0.863. The average molecular weight is 536 g/mol. The molecule has 0 aliphatic heterocycles. The van der Waals surface area contributed by atoms with Crippen molar-refractivity contribution in [3.63, 3.8) is 0 Å². The van der Waals surface area contributed by atoms with E-state index in [1.54, 1.807) is 51.1 Å². The van der Waals surface area contributed by atoms with Crippen LogP contribution in [0.2, 0.25) is 10.0 Å². The minimum Gasteiger partial charge on any atom is -0.489 e. The number of carbonyl (C=O) groups is 3. The van der Waals surface area contributed by atoms with Gasteiger partial charge in [-0.25, -0.2) is 0 Å². The second-order valence-electron chi connectivity index (χ2n) is 10.1. The Balaban J connectivity index is 1.68. The number of benzene rings is 2. The van der Waals surface area contributed by atoms with Crippen molar-refractivity contribution >= 4 is 41.0 Å². The van der Waals surface area contributed by atoms with E-state index in [2.05, 4.69) is 5.32 Å². The van der Waals surface area contributed by atoms with Crippen molar-refractivity contribution < 1.29 is 29.3 Å². The monoisotopic (exact) mass is 535 g/mol. The van der Waals surface area contributed by atoms with Crippen molar-refractivity contribution in [1.82, 2.24) is 5.32 Å². The van der Waals surface area contributed by atoms with Gasteiger partial charge in [-0.15, -0.1) is 0 Å². The second kappa shape index (κ2) is 11.1. The van der Waals surface area contributed by atoms with Crippen LogP contribution in [0, 0.1) is 16.7 Å². The first-order valence-electron chi connectivity index (χ1n) is 11.8. The molecule has 2 aromatic carbocycles. The molecule has 9 heteroatoms. The SMILES string of the molecule is CC1(C)[C@@H](C(=O)O)CC[C@@]1(C)C(=O)N[C@H](CC(=O)O)Cc1ccc(OCc2c(Cl)cccc2Cl)cc1. The van der Waals surface area contributed by atoms with Crippen LogP contribution in [0.5, 0.6) is 5.75 Å². The highest BCUT2D eigenvalue weighted by atomic mass is 35.5. The maximum Gasteiger partial charge on any atom is 0.307 e. The predicted octanol–water partition coefficient (Wildman–Crippen LogP) is 5.60. The quantitative estimate of drug-likeness (QED) is 0.364. The summed E-state index contributed by atoms with van der Waals surface area (Å²) in [6.45, 7) is 5.54. The first kappa shape index (κ1) is 27.8. The molecule has 0 radical (unpaired) electrons. The molecule has 3 rings (SSSR count). The standard InChI is InChI=1S/C27H31Cl2NO6/c1-26(2)20(24(33)34)11-12-27(26,3)25(35)30-17(14-23(31)32)13-16-7-9-18(10-8-16)36-15-19-21(28)5-4-6-22(19)29/h4-10,17,20H,11-15H2,1-3H3,(H,30,35)(H,31,32)(H,33,34)/t17-,20+,27-/m0/s1. The molecule has 0 saturated heterocycles. The first-order chi connectivity index (χ1) is 16.8. The highest BCUT2D eigenvalue weighted by Gasteiger charge is 2.58. The summed E-state index contributed by atoms with van der Waals surface area (Å²) in [7, 11) is 0. The Morgan fingerprint density at radius 2 is 1.67 bits per heavy atom. The Bertz CT molecular complexity index is 1110. The minimum absolute atomic E-state index is 0.196. The number of nitrogens with one attached hydrogen (secondary N) is 1. The van der Waals surface area contributed by atoms with Crippen molar-refractivity contribution in [2.45, 2.75) is 59.1 Å². The van der Waals surface area contributed by atoms with Gasteiger partial charge in [0.05, 0.1) is 17.8 Å².